The van der Waals surface area contributed by atoms with Crippen molar-refractivity contribution in [2.45, 2.75) is 227 Å². The van der Waals surface area contributed by atoms with Crippen LogP contribution in [0.15, 0.2) is 132 Å². The van der Waals surface area contributed by atoms with Gasteiger partial charge in [-0.1, -0.05) is 190 Å². The normalized spacial score (nSPS) is 16.1. The second-order valence-electron chi connectivity index (χ2n) is 34.6. The third-order valence-corrected chi connectivity index (χ3v) is 26.1. The Morgan fingerprint density at radius 3 is 1.81 bits per heavy atom. The first kappa shape index (κ1) is 103. The van der Waals surface area contributed by atoms with Gasteiger partial charge in [0, 0.05) is 134 Å². The number of hydrogen-bond acceptors (Lipinski definition) is 19. The van der Waals surface area contributed by atoms with Gasteiger partial charge in [-0.15, -0.1) is 0 Å². The summed E-state index contributed by atoms with van der Waals surface area (Å²) in [5, 5.41) is 22.0. The molecule has 14 atom stereocenters. The molecule has 7 N–H and O–H groups in total. The molecule has 0 spiro atoms. The summed E-state index contributed by atoms with van der Waals surface area (Å²) in [5.41, 5.74) is 10.2. The Hall–Kier alpha value is -9.87. The summed E-state index contributed by atoms with van der Waals surface area (Å²) in [7, 11) is 3.76. The number of anilines is 1. The zero-order valence-electron chi connectivity index (χ0n) is 75.7. The highest BCUT2D eigenvalue weighted by Crippen LogP contribution is 2.35. The molecule has 5 aromatic rings. The average Bonchev–Trinajstić information content (AvgIpc) is 1.49. The average molecular weight is 1740 g/mol. The number of Topliss-reactive ketones (excluding diaryl/α,β-unsaturated/α-hetero) is 5. The summed E-state index contributed by atoms with van der Waals surface area (Å²) < 4.78 is 50.7. The van der Waals surface area contributed by atoms with E-state index in [1.807, 2.05) is 110 Å². The highest BCUT2D eigenvalue weighted by Gasteiger charge is 2.45. The maximum Gasteiger partial charge on any atom is 0.410 e. The molecule has 0 bridgehead atoms. The molecule has 5 aromatic carbocycles. The van der Waals surface area contributed by atoms with E-state index in [-0.39, 0.29) is 148 Å². The van der Waals surface area contributed by atoms with Gasteiger partial charge in [0.2, 0.25) is 29.5 Å². The molecule has 6 rings (SSSR count). The van der Waals surface area contributed by atoms with Crippen LogP contribution in [-0.2, 0) is 80.2 Å². The molecule has 0 aromatic heterocycles. The number of aliphatic hydroxyl groups is 1. The quantitative estimate of drug-likeness (QED) is 0.0155. The van der Waals surface area contributed by atoms with Crippen molar-refractivity contribution >= 4 is 86.1 Å². The number of methoxy groups -OCH3 is 3. The highest BCUT2D eigenvalue weighted by molar-refractivity contribution is 7.91. The maximum atomic E-state index is 15.0. The molecule has 1 fully saturated rings. The van der Waals surface area contributed by atoms with Crippen LogP contribution in [-0.4, -0.2) is 203 Å². The Morgan fingerprint density at radius 2 is 1.23 bits per heavy atom. The van der Waals surface area contributed by atoms with Gasteiger partial charge in [-0.3, -0.25) is 47.9 Å². The van der Waals surface area contributed by atoms with Crippen molar-refractivity contribution in [3.8, 4) is 0 Å². The number of ether oxygens (including phenoxy) is 4. The number of sulfone groups is 1. The standard InChI is InChI=1S/C96H136N8O19S/c1-18-64(10)88(83(121-16)56-85(110)104-50-23-27-78(104)91(122-17)66(12)79(105)52-65(11)89(111)70-24-20-19-21-25-70)102(13)94(115)77(59(2)3)55-82(108)87(61(6)7)103(14)96(117)123-57-68-35-43-75(44-36-68)100-93(114)72(26-22-48-99-95(97)116)54-81(107)86(60(4)5)101-84(109)47-42-73(92(113)98-49-51-120-15)53-80(106)69-38-40-71(41-39-69)90(112)74(37-34-67-32-28-62(8)29-33-67)58-124(118,119)76-45-30-63(9)31-46-76/h19-21,24-25,28-33,35-36,38-41,43-46,59-61,64-66,72-74,77-78,83,86-89,91,111H,18,22-23,26-27,34,37,42,47-58H2,1-17H3,(H,98,113)(H,100,114)(H,101,109)(H3,97,99,116)/t64-,65-,66-,72+,73+,74?,77-,78-,83+,86-,87-,88+,89+,91+/m0/s1. The summed E-state index contributed by atoms with van der Waals surface area (Å²) in [6.07, 6.45) is -1.32. The van der Waals surface area contributed by atoms with Crippen molar-refractivity contribution < 1.29 is 90.0 Å². The number of nitrogens with two attached hydrogens (primary N) is 1. The molecule has 1 saturated heterocycles. The van der Waals surface area contributed by atoms with Gasteiger partial charge in [0.05, 0.1) is 66.2 Å². The Morgan fingerprint density at radius 1 is 0.613 bits per heavy atom. The molecule has 0 radical (unpaired) electrons. The van der Waals surface area contributed by atoms with E-state index in [2.05, 4.69) is 21.3 Å². The minimum absolute atomic E-state index is 0.0743. The van der Waals surface area contributed by atoms with Crippen molar-refractivity contribution in [2.75, 3.05) is 72.7 Å². The van der Waals surface area contributed by atoms with Crippen molar-refractivity contribution in [1.82, 2.24) is 30.7 Å². The van der Waals surface area contributed by atoms with E-state index in [0.717, 1.165) is 22.3 Å². The van der Waals surface area contributed by atoms with Gasteiger partial charge < -0.3 is 65.8 Å². The zero-order valence-corrected chi connectivity index (χ0v) is 76.5. The number of amides is 8. The molecule has 0 saturated carbocycles. The smallest absolute Gasteiger partial charge is 0.410 e. The lowest BCUT2D eigenvalue weighted by molar-refractivity contribution is -0.149. The second-order valence-corrected chi connectivity index (χ2v) is 36.7. The van der Waals surface area contributed by atoms with E-state index in [9.17, 15) is 66.3 Å². The number of likely N-dealkylation sites (N-methyl/N-ethyl adjacent to an activating group) is 2. The van der Waals surface area contributed by atoms with Crippen molar-refractivity contribution in [1.29, 1.82) is 0 Å². The molecule has 1 heterocycles. The molecule has 1 aliphatic heterocycles. The molecule has 124 heavy (non-hydrogen) atoms. The molecule has 1 unspecified atom stereocenters. The zero-order chi connectivity index (χ0) is 91.8. The number of aliphatic hydroxyl groups excluding tert-OH is 1. The summed E-state index contributed by atoms with van der Waals surface area (Å²) in [6.45, 7) is 22.8. The van der Waals surface area contributed by atoms with Gasteiger partial charge in [0.15, 0.2) is 33.0 Å². The summed E-state index contributed by atoms with van der Waals surface area (Å²) in [5.74, 6) is -10.6. The maximum absolute atomic E-state index is 15.0. The number of benzene rings is 5. The molecule has 28 heteroatoms. The number of ketones is 5. The fourth-order valence-electron chi connectivity index (χ4n) is 16.5. The highest BCUT2D eigenvalue weighted by atomic mass is 32.2. The lowest BCUT2D eigenvalue weighted by atomic mass is 9.83. The van der Waals surface area contributed by atoms with Crippen LogP contribution in [0.1, 0.15) is 207 Å². The van der Waals surface area contributed by atoms with Gasteiger partial charge in [0.1, 0.15) is 12.4 Å². The summed E-state index contributed by atoms with van der Waals surface area (Å²) in [4.78, 5) is 173. The molecule has 680 valence electrons. The van der Waals surface area contributed by atoms with Crippen molar-refractivity contribution in [2.24, 2.45) is 64.9 Å². The first-order valence-electron chi connectivity index (χ1n) is 43.6. The Labute approximate surface area is 733 Å². The first-order valence-corrected chi connectivity index (χ1v) is 45.2. The van der Waals surface area contributed by atoms with Gasteiger partial charge in [0.25, 0.3) is 0 Å². The van der Waals surface area contributed by atoms with Gasteiger partial charge in [-0.05, 0) is 129 Å². The monoisotopic (exact) mass is 1740 g/mol. The lowest BCUT2D eigenvalue weighted by Crippen LogP contribution is -2.54. The summed E-state index contributed by atoms with van der Waals surface area (Å²) >= 11 is 0. The minimum Gasteiger partial charge on any atom is -0.445 e. The van der Waals surface area contributed by atoms with E-state index in [4.69, 9.17) is 24.7 Å². The van der Waals surface area contributed by atoms with E-state index >= 15 is 4.79 Å². The number of primary amides is 1. The Balaban J connectivity index is 1.06. The third-order valence-electron chi connectivity index (χ3n) is 24.2. The molecule has 0 aliphatic carbocycles. The molecular formula is C96H136N8O19S. The van der Waals surface area contributed by atoms with E-state index in [0.29, 0.717) is 43.5 Å². The van der Waals surface area contributed by atoms with Crippen LogP contribution >= 0.6 is 0 Å². The van der Waals surface area contributed by atoms with Crippen LogP contribution in [0.2, 0.25) is 0 Å². The number of nitrogens with one attached hydrogen (secondary N) is 4. The predicted octanol–water partition coefficient (Wildman–Crippen LogP) is 12.8. The number of aryl methyl sites for hydroxylation is 3. The van der Waals surface area contributed by atoms with Gasteiger partial charge >= 0.3 is 12.1 Å². The fourth-order valence-corrected chi connectivity index (χ4v) is 18.1. The molecule has 1 aliphatic rings. The van der Waals surface area contributed by atoms with Crippen LogP contribution in [0.3, 0.4) is 0 Å². The molecule has 27 nitrogen and oxygen atoms in total. The van der Waals surface area contributed by atoms with Crippen LogP contribution in [0.5, 0.6) is 0 Å². The number of rotatable bonds is 53. The third kappa shape index (κ3) is 30.8. The summed E-state index contributed by atoms with van der Waals surface area (Å²) in [6, 6.07) is 31.8. The van der Waals surface area contributed by atoms with Crippen molar-refractivity contribution in [3.05, 3.63) is 166 Å². The number of carbonyl (C=O) groups is 12. The molecule has 8 amide bonds. The van der Waals surface area contributed by atoms with E-state index < -0.39 is 147 Å². The lowest BCUT2D eigenvalue weighted by Gasteiger charge is -2.41. The Bertz CT molecular complexity index is 4450. The first-order chi connectivity index (χ1) is 58.7. The predicted molar refractivity (Wildman–Crippen MR) is 476 cm³/mol. The number of urea groups is 1. The van der Waals surface area contributed by atoms with E-state index in [1.165, 1.54) is 62.6 Å². The number of carbonyl (C=O) groups excluding carboxylic acids is 12. The van der Waals surface area contributed by atoms with Gasteiger partial charge in [-0.25, -0.2) is 18.0 Å². The number of hydrogen-bond donors (Lipinski definition) is 6. The van der Waals surface area contributed by atoms with Gasteiger partial charge in [-0.2, -0.15) is 0 Å². The Kier molecular flexibility index (Phi) is 41.8. The minimum atomic E-state index is -3.90. The van der Waals surface area contributed by atoms with E-state index in [1.54, 1.807) is 88.1 Å². The van der Waals surface area contributed by atoms with Crippen LogP contribution in [0, 0.1) is 73.0 Å². The largest absolute Gasteiger partial charge is 0.445 e. The fraction of sp³-hybridized carbons (Fsp3) is 0.562. The SMILES string of the molecule is CC[C@H](C)[C@H]([C@@H](CC(=O)N1CCC[C@H]1[C@H](OC)[C@@H](C)C(=O)C[C@H](C)[C@@H](O)c1ccccc1)OC)N(C)C(=O)[C@@H](CC(=O)[C@H](C(C)C)N(C)C(=O)OCc1ccc(NC(=O)[C@H](CCCNC(N)=O)CC(=O)[C@@H](NC(=O)CC[C@H](CC(=O)c2ccc(C(=O)C(CCc3ccc(C)cc3)CS(=O)(=O)c3ccc(C)cc3)cc2)C(=O)NCCOC)C(C)C)cc1)C(C)C. The van der Waals surface area contributed by atoms with Crippen LogP contribution in [0.25, 0.3) is 0 Å². The van der Waals surface area contributed by atoms with Crippen molar-refractivity contribution in [3.63, 3.8) is 0 Å². The number of likely N-dealkylation sites (tertiary alicyclic amines) is 1. The van der Waals surface area contributed by atoms with Crippen LogP contribution < -0.4 is 27.0 Å². The van der Waals surface area contributed by atoms with Crippen LogP contribution in [0.4, 0.5) is 15.3 Å². The molecular weight excluding hydrogens is 1600 g/mol. The topological polar surface area (TPSA) is 380 Å². The second kappa shape index (κ2) is 50.3. The number of nitrogens with zero attached hydrogens (tertiary/aromatic N) is 3.